The minimum Gasteiger partial charge on any atom is -0.359 e. The second-order valence-corrected chi connectivity index (χ2v) is 8.20. The number of carbonyl (C=O) groups excluding carboxylic acids is 1. The summed E-state index contributed by atoms with van der Waals surface area (Å²) >= 11 is 5.80. The highest BCUT2D eigenvalue weighted by Gasteiger charge is 2.44. The van der Waals surface area contributed by atoms with Crippen molar-refractivity contribution in [2.45, 2.75) is 31.5 Å². The predicted octanol–water partition coefficient (Wildman–Crippen LogP) is 4.82. The van der Waals surface area contributed by atoms with Crippen LogP contribution in [0.2, 0.25) is 5.02 Å². The maximum absolute atomic E-state index is 13.3. The van der Waals surface area contributed by atoms with E-state index in [9.17, 15) is 9.18 Å². The highest BCUT2D eigenvalue weighted by Crippen LogP contribution is 2.48. The summed E-state index contributed by atoms with van der Waals surface area (Å²) in [5.74, 6) is 0.319. The number of rotatable bonds is 4. The van der Waals surface area contributed by atoms with Crippen LogP contribution in [0.15, 0.2) is 54.6 Å². The van der Waals surface area contributed by atoms with Crippen LogP contribution in [0, 0.1) is 5.82 Å². The van der Waals surface area contributed by atoms with Gasteiger partial charge in [-0.3, -0.25) is 4.68 Å². The molecule has 2 heterocycles. The van der Waals surface area contributed by atoms with Crippen LogP contribution in [-0.4, -0.2) is 27.3 Å². The van der Waals surface area contributed by atoms with Gasteiger partial charge in [-0.15, -0.1) is 0 Å². The third-order valence-corrected chi connectivity index (χ3v) is 5.99. The molecule has 1 aliphatic heterocycles. The number of aromatic nitrogens is 2. The number of urea groups is 1. The molecular weight excluding hydrogens is 405 g/mol. The van der Waals surface area contributed by atoms with Gasteiger partial charge < -0.3 is 15.5 Å². The van der Waals surface area contributed by atoms with E-state index in [1.54, 1.807) is 4.90 Å². The predicted molar refractivity (Wildman–Crippen MR) is 114 cm³/mol. The molecule has 8 heteroatoms. The van der Waals surface area contributed by atoms with Gasteiger partial charge >= 0.3 is 6.03 Å². The number of carbonyl (C=O) groups is 1. The molecule has 2 amide bonds. The second kappa shape index (κ2) is 7.32. The standard InChI is InChI=1S/C22H21ClFN5O/c23-18-12-16(6-7-19(18)24)25-21(30)28-10-11-29-17(14-28)13-20(27-29)26-22(8-9-22)15-4-2-1-3-5-15/h1-7,12-13H,8-11,14H2,(H,25,30)(H,26,27). The van der Waals surface area contributed by atoms with Crippen molar-refractivity contribution in [3.8, 4) is 0 Å². The molecule has 0 bridgehead atoms. The Bertz CT molecular complexity index is 1100. The molecule has 0 spiro atoms. The van der Waals surface area contributed by atoms with Gasteiger partial charge in [-0.1, -0.05) is 41.9 Å². The molecule has 6 nitrogen and oxygen atoms in total. The molecule has 0 radical (unpaired) electrons. The Morgan fingerprint density at radius 3 is 2.63 bits per heavy atom. The molecule has 1 aromatic heterocycles. The van der Waals surface area contributed by atoms with Crippen molar-refractivity contribution < 1.29 is 9.18 Å². The van der Waals surface area contributed by atoms with Crippen molar-refractivity contribution >= 4 is 29.1 Å². The lowest BCUT2D eigenvalue weighted by Gasteiger charge is -2.27. The van der Waals surface area contributed by atoms with E-state index >= 15 is 0 Å². The fourth-order valence-corrected chi connectivity index (χ4v) is 4.07. The van der Waals surface area contributed by atoms with Crippen LogP contribution in [0.4, 0.5) is 20.7 Å². The van der Waals surface area contributed by atoms with Crippen LogP contribution < -0.4 is 10.6 Å². The average Bonchev–Trinajstić information content (AvgIpc) is 3.42. The van der Waals surface area contributed by atoms with Crippen LogP contribution in [0.5, 0.6) is 0 Å². The first-order chi connectivity index (χ1) is 14.5. The molecule has 2 aromatic carbocycles. The minimum absolute atomic E-state index is 0.0207. The lowest BCUT2D eigenvalue weighted by atomic mass is 10.1. The smallest absolute Gasteiger partial charge is 0.322 e. The molecule has 0 saturated heterocycles. The van der Waals surface area contributed by atoms with Crippen molar-refractivity contribution in [1.29, 1.82) is 0 Å². The summed E-state index contributed by atoms with van der Waals surface area (Å²) in [6.07, 6.45) is 2.15. The number of anilines is 2. The summed E-state index contributed by atoms with van der Waals surface area (Å²) in [6.45, 7) is 1.61. The number of nitrogens with zero attached hydrogens (tertiary/aromatic N) is 3. The zero-order valence-electron chi connectivity index (χ0n) is 16.2. The van der Waals surface area contributed by atoms with E-state index in [4.69, 9.17) is 11.6 Å². The number of fused-ring (bicyclic) bond motifs is 1. The zero-order valence-corrected chi connectivity index (χ0v) is 17.0. The van der Waals surface area contributed by atoms with E-state index in [0.29, 0.717) is 25.3 Å². The highest BCUT2D eigenvalue weighted by molar-refractivity contribution is 6.31. The highest BCUT2D eigenvalue weighted by atomic mass is 35.5. The van der Waals surface area contributed by atoms with Gasteiger partial charge in [0.05, 0.1) is 29.3 Å². The fourth-order valence-electron chi connectivity index (χ4n) is 3.89. The summed E-state index contributed by atoms with van der Waals surface area (Å²) in [6, 6.07) is 16.3. The van der Waals surface area contributed by atoms with E-state index in [-0.39, 0.29) is 16.6 Å². The number of hydrogen-bond donors (Lipinski definition) is 2. The molecule has 2 N–H and O–H groups in total. The Morgan fingerprint density at radius 2 is 1.90 bits per heavy atom. The molecule has 2 aliphatic rings. The number of nitrogens with one attached hydrogen (secondary N) is 2. The summed E-state index contributed by atoms with van der Waals surface area (Å²) in [4.78, 5) is 14.3. The van der Waals surface area contributed by atoms with Crippen LogP contribution in [0.25, 0.3) is 0 Å². The quantitative estimate of drug-likeness (QED) is 0.629. The third-order valence-electron chi connectivity index (χ3n) is 5.70. The molecule has 30 heavy (non-hydrogen) atoms. The molecule has 1 aliphatic carbocycles. The number of benzene rings is 2. The van der Waals surface area contributed by atoms with Crippen LogP contribution in [-0.2, 0) is 18.6 Å². The third kappa shape index (κ3) is 3.61. The van der Waals surface area contributed by atoms with Gasteiger partial charge in [-0.05, 0) is 36.6 Å². The summed E-state index contributed by atoms with van der Waals surface area (Å²) in [5.41, 5.74) is 2.67. The van der Waals surface area contributed by atoms with Crippen molar-refractivity contribution in [1.82, 2.24) is 14.7 Å². The Kier molecular flexibility index (Phi) is 4.62. The largest absolute Gasteiger partial charge is 0.359 e. The molecular formula is C22H21ClFN5O. The zero-order chi connectivity index (χ0) is 20.7. The molecule has 0 unspecified atom stereocenters. The van der Waals surface area contributed by atoms with Crippen LogP contribution >= 0.6 is 11.6 Å². The average molecular weight is 426 g/mol. The fraction of sp³-hybridized carbons (Fsp3) is 0.273. The van der Waals surface area contributed by atoms with Crippen molar-refractivity contribution in [3.05, 3.63) is 76.7 Å². The first-order valence-electron chi connectivity index (χ1n) is 9.94. The molecule has 5 rings (SSSR count). The lowest BCUT2D eigenvalue weighted by molar-refractivity contribution is 0.194. The van der Waals surface area contributed by atoms with E-state index in [2.05, 4.69) is 40.0 Å². The normalized spacial score (nSPS) is 16.7. The Morgan fingerprint density at radius 1 is 1.10 bits per heavy atom. The van der Waals surface area contributed by atoms with E-state index in [1.165, 1.54) is 23.8 Å². The van der Waals surface area contributed by atoms with Gasteiger partial charge in [0.15, 0.2) is 0 Å². The first kappa shape index (κ1) is 18.9. The maximum atomic E-state index is 13.3. The second-order valence-electron chi connectivity index (χ2n) is 7.80. The minimum atomic E-state index is -0.513. The maximum Gasteiger partial charge on any atom is 0.322 e. The number of hydrogen-bond acceptors (Lipinski definition) is 3. The first-order valence-corrected chi connectivity index (χ1v) is 10.3. The molecule has 154 valence electrons. The lowest BCUT2D eigenvalue weighted by Crippen LogP contribution is -2.40. The molecule has 0 atom stereocenters. The molecule has 1 fully saturated rings. The Balaban J connectivity index is 1.26. The number of amides is 2. The molecule has 3 aromatic rings. The summed E-state index contributed by atoms with van der Waals surface area (Å²) < 4.78 is 15.3. The van der Waals surface area contributed by atoms with Crippen LogP contribution in [0.1, 0.15) is 24.1 Å². The summed E-state index contributed by atoms with van der Waals surface area (Å²) in [5, 5.41) is 11.0. The number of halogens is 2. The van der Waals surface area contributed by atoms with E-state index < -0.39 is 5.82 Å². The van der Waals surface area contributed by atoms with Gasteiger partial charge in [0.1, 0.15) is 11.6 Å². The monoisotopic (exact) mass is 425 g/mol. The SMILES string of the molecule is O=C(Nc1ccc(F)c(Cl)c1)N1CCn2nc(NC3(c4ccccc4)CC3)cc2C1. The van der Waals surface area contributed by atoms with Crippen molar-refractivity contribution in [3.63, 3.8) is 0 Å². The van der Waals surface area contributed by atoms with Gasteiger partial charge in [0, 0.05) is 18.3 Å². The Hall–Kier alpha value is -3.06. The van der Waals surface area contributed by atoms with E-state index in [0.717, 1.165) is 24.4 Å². The van der Waals surface area contributed by atoms with Crippen molar-refractivity contribution in [2.24, 2.45) is 0 Å². The molecule has 1 saturated carbocycles. The van der Waals surface area contributed by atoms with Gasteiger partial charge in [-0.25, -0.2) is 9.18 Å². The van der Waals surface area contributed by atoms with Gasteiger partial charge in [-0.2, -0.15) is 5.10 Å². The van der Waals surface area contributed by atoms with Crippen molar-refractivity contribution in [2.75, 3.05) is 17.2 Å². The van der Waals surface area contributed by atoms with Gasteiger partial charge in [0.25, 0.3) is 0 Å². The summed E-state index contributed by atoms with van der Waals surface area (Å²) in [7, 11) is 0. The Labute approximate surface area is 178 Å². The topological polar surface area (TPSA) is 62.2 Å². The van der Waals surface area contributed by atoms with Crippen LogP contribution in [0.3, 0.4) is 0 Å². The van der Waals surface area contributed by atoms with E-state index in [1.807, 2.05) is 16.8 Å². The van der Waals surface area contributed by atoms with Gasteiger partial charge in [0.2, 0.25) is 0 Å².